The van der Waals surface area contributed by atoms with Crippen molar-refractivity contribution in [2.24, 2.45) is 0 Å². The maximum atomic E-state index is 12.4. The second kappa shape index (κ2) is 8.16. The smallest absolute Gasteiger partial charge is 0.251 e. The van der Waals surface area contributed by atoms with Gasteiger partial charge in [0.15, 0.2) is 5.76 Å². The normalized spacial score (nSPS) is 15.5. The SMILES string of the molecule is C[C@@H]1Cc2cc(-c3cc(CNC(=O)c4ccc(S(=O)(=O)N(C)C)cc4)no3)ccc2O1. The number of hydrogen-bond donors (Lipinski definition) is 1. The molecule has 2 aromatic carbocycles. The Hall–Kier alpha value is -3.17. The summed E-state index contributed by atoms with van der Waals surface area (Å²) < 4.78 is 36.5. The average molecular weight is 442 g/mol. The van der Waals surface area contributed by atoms with Crippen LogP contribution in [0.25, 0.3) is 11.3 Å². The summed E-state index contributed by atoms with van der Waals surface area (Å²) in [6.45, 7) is 2.22. The Labute approximate surface area is 180 Å². The topological polar surface area (TPSA) is 102 Å². The lowest BCUT2D eigenvalue weighted by Crippen LogP contribution is -2.24. The van der Waals surface area contributed by atoms with E-state index in [1.165, 1.54) is 38.4 Å². The quantitative estimate of drug-likeness (QED) is 0.631. The second-order valence-electron chi connectivity index (χ2n) is 7.63. The van der Waals surface area contributed by atoms with E-state index >= 15 is 0 Å². The molecule has 1 amide bonds. The Morgan fingerprint density at radius 1 is 1.16 bits per heavy atom. The van der Waals surface area contributed by atoms with Crippen molar-refractivity contribution in [3.8, 4) is 17.1 Å². The molecule has 0 unspecified atom stereocenters. The fourth-order valence-corrected chi connectivity index (χ4v) is 4.27. The Morgan fingerprint density at radius 2 is 1.90 bits per heavy atom. The average Bonchev–Trinajstić information content (AvgIpc) is 3.37. The van der Waals surface area contributed by atoms with Gasteiger partial charge in [0.2, 0.25) is 10.0 Å². The van der Waals surface area contributed by atoms with E-state index < -0.39 is 10.0 Å². The molecule has 8 nitrogen and oxygen atoms in total. The zero-order valence-electron chi connectivity index (χ0n) is 17.5. The van der Waals surface area contributed by atoms with Crippen molar-refractivity contribution in [3.05, 3.63) is 65.4 Å². The van der Waals surface area contributed by atoms with Crippen LogP contribution in [0.3, 0.4) is 0 Å². The summed E-state index contributed by atoms with van der Waals surface area (Å²) in [7, 11) is -0.619. The summed E-state index contributed by atoms with van der Waals surface area (Å²) in [5.41, 5.74) is 2.98. The number of nitrogens with zero attached hydrogens (tertiary/aromatic N) is 2. The van der Waals surface area contributed by atoms with Gasteiger partial charge in [0.25, 0.3) is 5.91 Å². The summed E-state index contributed by atoms with van der Waals surface area (Å²) in [5.74, 6) is 1.18. The van der Waals surface area contributed by atoms with Crippen molar-refractivity contribution >= 4 is 15.9 Å². The summed E-state index contributed by atoms with van der Waals surface area (Å²) >= 11 is 0. The molecule has 0 radical (unpaired) electrons. The van der Waals surface area contributed by atoms with Gasteiger partial charge in [-0.3, -0.25) is 4.79 Å². The Balaban J connectivity index is 1.40. The third-order valence-electron chi connectivity index (χ3n) is 5.06. The van der Waals surface area contributed by atoms with Crippen molar-refractivity contribution in [2.45, 2.75) is 30.9 Å². The molecule has 0 saturated carbocycles. The molecule has 4 rings (SSSR count). The van der Waals surface area contributed by atoms with Crippen molar-refractivity contribution < 1.29 is 22.5 Å². The van der Waals surface area contributed by atoms with Crippen LogP contribution in [0, 0.1) is 0 Å². The second-order valence-corrected chi connectivity index (χ2v) is 9.78. The molecule has 162 valence electrons. The van der Waals surface area contributed by atoms with Gasteiger partial charge in [-0.25, -0.2) is 12.7 Å². The van der Waals surface area contributed by atoms with Crippen molar-refractivity contribution in [1.82, 2.24) is 14.8 Å². The number of nitrogens with one attached hydrogen (secondary N) is 1. The van der Waals surface area contributed by atoms with Crippen molar-refractivity contribution in [3.63, 3.8) is 0 Å². The van der Waals surface area contributed by atoms with Gasteiger partial charge in [-0.1, -0.05) is 5.16 Å². The maximum absolute atomic E-state index is 12.4. The highest BCUT2D eigenvalue weighted by Gasteiger charge is 2.20. The van der Waals surface area contributed by atoms with Crippen LogP contribution in [0.15, 0.2) is 57.9 Å². The highest BCUT2D eigenvalue weighted by atomic mass is 32.2. The largest absolute Gasteiger partial charge is 0.490 e. The molecule has 31 heavy (non-hydrogen) atoms. The zero-order chi connectivity index (χ0) is 22.2. The molecular formula is C22H23N3O5S. The third-order valence-corrected chi connectivity index (χ3v) is 6.89. The van der Waals surface area contributed by atoms with Crippen LogP contribution in [-0.2, 0) is 23.0 Å². The Morgan fingerprint density at radius 3 is 2.61 bits per heavy atom. The number of carbonyl (C=O) groups is 1. The lowest BCUT2D eigenvalue weighted by Gasteiger charge is -2.11. The van der Waals surface area contributed by atoms with E-state index in [4.69, 9.17) is 9.26 Å². The first-order valence-electron chi connectivity index (χ1n) is 9.80. The molecule has 2 heterocycles. The summed E-state index contributed by atoms with van der Waals surface area (Å²) in [6.07, 6.45) is 1.03. The Kier molecular flexibility index (Phi) is 5.55. The van der Waals surface area contributed by atoms with E-state index in [1.807, 2.05) is 25.1 Å². The lowest BCUT2D eigenvalue weighted by atomic mass is 10.1. The number of ether oxygens (including phenoxy) is 1. The van der Waals surface area contributed by atoms with Crippen LogP contribution in [0.2, 0.25) is 0 Å². The molecule has 3 aromatic rings. The molecule has 0 fully saturated rings. The number of amides is 1. The predicted octanol–water partition coefficient (Wildman–Crippen LogP) is 2.85. The monoisotopic (exact) mass is 441 g/mol. The van der Waals surface area contributed by atoms with Gasteiger partial charge in [-0.2, -0.15) is 0 Å². The molecule has 1 aliphatic rings. The van der Waals surface area contributed by atoms with Crippen LogP contribution in [0.1, 0.15) is 28.5 Å². The van der Waals surface area contributed by atoms with E-state index in [-0.39, 0.29) is 23.5 Å². The van der Waals surface area contributed by atoms with Crippen LogP contribution in [0.4, 0.5) is 0 Å². The van der Waals surface area contributed by atoms with Crippen LogP contribution in [0.5, 0.6) is 5.75 Å². The molecule has 9 heteroatoms. The number of carbonyl (C=O) groups excluding carboxylic acids is 1. The molecule has 1 aliphatic heterocycles. The van der Waals surface area contributed by atoms with E-state index in [0.717, 1.165) is 27.6 Å². The summed E-state index contributed by atoms with van der Waals surface area (Å²) in [6, 6.07) is 13.5. The molecule has 1 N–H and O–H groups in total. The number of benzene rings is 2. The summed E-state index contributed by atoms with van der Waals surface area (Å²) in [5, 5.41) is 6.79. The molecular weight excluding hydrogens is 418 g/mol. The van der Waals surface area contributed by atoms with Crippen LogP contribution in [-0.4, -0.2) is 44.0 Å². The minimum atomic E-state index is -3.53. The van der Waals surface area contributed by atoms with Gasteiger partial charge in [-0.05, 0) is 55.0 Å². The van der Waals surface area contributed by atoms with Gasteiger partial charge in [0, 0.05) is 37.7 Å². The fourth-order valence-electron chi connectivity index (χ4n) is 3.37. The minimum absolute atomic E-state index is 0.129. The Bertz CT molecular complexity index is 1220. The summed E-state index contributed by atoms with van der Waals surface area (Å²) in [4.78, 5) is 12.5. The number of sulfonamides is 1. The van der Waals surface area contributed by atoms with E-state index in [0.29, 0.717) is 17.0 Å². The molecule has 0 aliphatic carbocycles. The first kappa shape index (κ1) is 21.1. The predicted molar refractivity (Wildman–Crippen MR) is 114 cm³/mol. The van der Waals surface area contributed by atoms with Gasteiger partial charge < -0.3 is 14.6 Å². The molecule has 0 spiro atoms. The third kappa shape index (κ3) is 4.33. The molecule has 1 atom stereocenters. The highest BCUT2D eigenvalue weighted by molar-refractivity contribution is 7.89. The van der Waals surface area contributed by atoms with Gasteiger partial charge in [-0.15, -0.1) is 0 Å². The number of hydrogen-bond acceptors (Lipinski definition) is 6. The van der Waals surface area contributed by atoms with Crippen molar-refractivity contribution in [1.29, 1.82) is 0 Å². The van der Waals surface area contributed by atoms with Gasteiger partial charge >= 0.3 is 0 Å². The zero-order valence-corrected chi connectivity index (χ0v) is 18.3. The van der Waals surface area contributed by atoms with E-state index in [9.17, 15) is 13.2 Å². The standard InChI is InChI=1S/C22H23N3O5S/c1-14-10-17-11-16(6-9-20(17)29-14)21-12-18(24-30-21)13-23-22(26)15-4-7-19(8-5-15)31(27,28)25(2)3/h4-9,11-12,14H,10,13H2,1-3H3,(H,23,26)/t14-/m1/s1. The first-order valence-corrected chi connectivity index (χ1v) is 11.2. The molecule has 0 bridgehead atoms. The van der Waals surface area contributed by atoms with E-state index in [2.05, 4.69) is 10.5 Å². The first-order chi connectivity index (χ1) is 14.7. The number of aromatic nitrogens is 1. The highest BCUT2D eigenvalue weighted by Crippen LogP contribution is 2.33. The molecule has 1 aromatic heterocycles. The fraction of sp³-hybridized carbons (Fsp3) is 0.273. The number of rotatable bonds is 6. The number of fused-ring (bicyclic) bond motifs is 1. The minimum Gasteiger partial charge on any atom is -0.490 e. The van der Waals surface area contributed by atoms with Crippen molar-refractivity contribution in [2.75, 3.05) is 14.1 Å². The van der Waals surface area contributed by atoms with E-state index in [1.54, 1.807) is 6.07 Å². The van der Waals surface area contributed by atoms with Gasteiger partial charge in [0.05, 0.1) is 11.4 Å². The van der Waals surface area contributed by atoms with Gasteiger partial charge in [0.1, 0.15) is 17.5 Å². The van der Waals surface area contributed by atoms with Crippen LogP contribution >= 0.6 is 0 Å². The molecule has 0 saturated heterocycles. The lowest BCUT2D eigenvalue weighted by molar-refractivity contribution is 0.0950. The van der Waals surface area contributed by atoms with Crippen LogP contribution < -0.4 is 10.1 Å². The maximum Gasteiger partial charge on any atom is 0.251 e.